The molecule has 0 spiro atoms. The first kappa shape index (κ1) is 17.6. The molecule has 1 N–H and O–H groups in total. The first-order chi connectivity index (χ1) is 9.46. The third-order valence-corrected chi connectivity index (χ3v) is 2.94. The normalized spacial score (nSPS) is 15.9. The van der Waals surface area contributed by atoms with Crippen molar-refractivity contribution in [2.75, 3.05) is 26.2 Å². The maximum atomic E-state index is 12.2. The number of hydrogen-bond donors (Lipinski definition) is 1. The van der Waals surface area contributed by atoms with Crippen LogP contribution >= 0.6 is 12.4 Å². The van der Waals surface area contributed by atoms with E-state index in [9.17, 15) is 18.0 Å². The van der Waals surface area contributed by atoms with Crippen molar-refractivity contribution >= 4 is 18.3 Å². The van der Waals surface area contributed by atoms with E-state index in [1.165, 1.54) is 18.2 Å². The van der Waals surface area contributed by atoms with Crippen LogP contribution in [0, 0.1) is 0 Å². The average molecular weight is 325 g/mol. The molecule has 0 saturated carbocycles. The summed E-state index contributed by atoms with van der Waals surface area (Å²) in [5, 5.41) is 3.16. The van der Waals surface area contributed by atoms with Gasteiger partial charge in [-0.15, -0.1) is 25.6 Å². The molecule has 8 heteroatoms. The molecule has 1 fully saturated rings. The molecule has 21 heavy (non-hydrogen) atoms. The third kappa shape index (κ3) is 5.43. The maximum absolute atomic E-state index is 12.2. The Hall–Kier alpha value is -1.47. The van der Waals surface area contributed by atoms with Crippen LogP contribution in [-0.4, -0.2) is 43.3 Å². The predicted molar refractivity (Wildman–Crippen MR) is 73.8 cm³/mol. The number of halogens is 4. The van der Waals surface area contributed by atoms with Crippen molar-refractivity contribution in [1.29, 1.82) is 0 Å². The van der Waals surface area contributed by atoms with Crippen LogP contribution in [0.5, 0.6) is 5.75 Å². The fourth-order valence-electron chi connectivity index (χ4n) is 2.06. The second-order valence-corrected chi connectivity index (χ2v) is 4.47. The van der Waals surface area contributed by atoms with Crippen LogP contribution in [-0.2, 0) is 0 Å². The van der Waals surface area contributed by atoms with E-state index in [-0.39, 0.29) is 29.6 Å². The van der Waals surface area contributed by atoms with Crippen LogP contribution in [0.1, 0.15) is 16.8 Å². The second-order valence-electron chi connectivity index (χ2n) is 4.47. The molecule has 4 nitrogen and oxygen atoms in total. The zero-order valence-corrected chi connectivity index (χ0v) is 12.0. The lowest BCUT2D eigenvalue weighted by molar-refractivity contribution is -0.274. The van der Waals surface area contributed by atoms with E-state index in [1.807, 2.05) is 0 Å². The highest BCUT2D eigenvalue weighted by Gasteiger charge is 2.31. The molecule has 0 bridgehead atoms. The number of amides is 1. The summed E-state index contributed by atoms with van der Waals surface area (Å²) in [6, 6.07) is 5.16. The molecule has 1 aliphatic rings. The van der Waals surface area contributed by atoms with Gasteiger partial charge in [-0.1, -0.05) is 6.07 Å². The van der Waals surface area contributed by atoms with Crippen LogP contribution in [0.15, 0.2) is 24.3 Å². The van der Waals surface area contributed by atoms with Crippen molar-refractivity contribution in [3.8, 4) is 5.75 Å². The fourth-order valence-corrected chi connectivity index (χ4v) is 2.06. The van der Waals surface area contributed by atoms with Gasteiger partial charge >= 0.3 is 6.36 Å². The zero-order valence-electron chi connectivity index (χ0n) is 11.2. The Morgan fingerprint density at radius 1 is 1.24 bits per heavy atom. The molecule has 1 heterocycles. The minimum atomic E-state index is -4.76. The van der Waals surface area contributed by atoms with Gasteiger partial charge < -0.3 is 15.0 Å². The number of nitrogens with zero attached hydrogens (tertiary/aromatic N) is 1. The highest BCUT2D eigenvalue weighted by Crippen LogP contribution is 2.23. The van der Waals surface area contributed by atoms with Crippen molar-refractivity contribution in [3.63, 3.8) is 0 Å². The molecule has 0 aliphatic carbocycles. The molecule has 1 aliphatic heterocycles. The Balaban J connectivity index is 0.00000220. The molecule has 1 amide bonds. The number of rotatable bonds is 2. The number of carbonyl (C=O) groups excluding carboxylic acids is 1. The van der Waals surface area contributed by atoms with Crippen molar-refractivity contribution in [2.24, 2.45) is 0 Å². The Labute approximate surface area is 126 Å². The van der Waals surface area contributed by atoms with Crippen LogP contribution in [0.2, 0.25) is 0 Å². The molecule has 0 unspecified atom stereocenters. The smallest absolute Gasteiger partial charge is 0.406 e. The van der Waals surface area contributed by atoms with E-state index in [4.69, 9.17) is 0 Å². The van der Waals surface area contributed by atoms with E-state index in [1.54, 1.807) is 4.90 Å². The molecule has 1 saturated heterocycles. The Morgan fingerprint density at radius 3 is 2.71 bits per heavy atom. The summed E-state index contributed by atoms with van der Waals surface area (Å²) in [4.78, 5) is 13.9. The van der Waals surface area contributed by atoms with Gasteiger partial charge in [0.2, 0.25) is 0 Å². The molecule has 1 aromatic rings. The van der Waals surface area contributed by atoms with Crippen molar-refractivity contribution < 1.29 is 22.7 Å². The van der Waals surface area contributed by atoms with E-state index in [0.717, 1.165) is 19.0 Å². The molecule has 1 aromatic carbocycles. The topological polar surface area (TPSA) is 41.6 Å². The molecule has 0 atom stereocenters. The largest absolute Gasteiger partial charge is 0.573 e. The Morgan fingerprint density at radius 2 is 2.00 bits per heavy atom. The SMILES string of the molecule is Cl.O=C(c1cccc(OC(F)(F)F)c1)N1CCCNCC1. The van der Waals surface area contributed by atoms with Crippen molar-refractivity contribution in [1.82, 2.24) is 10.2 Å². The lowest BCUT2D eigenvalue weighted by Gasteiger charge is -2.20. The van der Waals surface area contributed by atoms with Crippen molar-refractivity contribution in [3.05, 3.63) is 29.8 Å². The number of carbonyl (C=O) groups is 1. The van der Waals surface area contributed by atoms with Gasteiger partial charge in [-0.2, -0.15) is 0 Å². The van der Waals surface area contributed by atoms with Gasteiger partial charge in [0.25, 0.3) is 5.91 Å². The van der Waals surface area contributed by atoms with E-state index in [0.29, 0.717) is 19.6 Å². The highest BCUT2D eigenvalue weighted by atomic mass is 35.5. The number of nitrogens with one attached hydrogen (secondary N) is 1. The maximum Gasteiger partial charge on any atom is 0.573 e. The lowest BCUT2D eigenvalue weighted by atomic mass is 10.2. The molecular formula is C13H16ClF3N2O2. The number of alkyl halides is 3. The minimum Gasteiger partial charge on any atom is -0.406 e. The van der Waals surface area contributed by atoms with E-state index >= 15 is 0 Å². The van der Waals surface area contributed by atoms with Gasteiger partial charge in [0, 0.05) is 25.2 Å². The molecular weight excluding hydrogens is 309 g/mol. The summed E-state index contributed by atoms with van der Waals surface area (Å²) in [5.74, 6) is -0.655. The highest BCUT2D eigenvalue weighted by molar-refractivity contribution is 5.94. The molecule has 0 radical (unpaired) electrons. The first-order valence-corrected chi connectivity index (χ1v) is 6.31. The monoisotopic (exact) mass is 324 g/mol. The average Bonchev–Trinajstić information content (AvgIpc) is 2.65. The second kappa shape index (κ2) is 7.51. The van der Waals surface area contributed by atoms with Crippen LogP contribution in [0.3, 0.4) is 0 Å². The quantitative estimate of drug-likeness (QED) is 0.908. The van der Waals surface area contributed by atoms with E-state index in [2.05, 4.69) is 10.1 Å². The van der Waals surface area contributed by atoms with Gasteiger partial charge in [0.05, 0.1) is 0 Å². The summed E-state index contributed by atoms with van der Waals surface area (Å²) < 4.78 is 40.3. The van der Waals surface area contributed by atoms with Gasteiger partial charge in [0.1, 0.15) is 5.75 Å². The van der Waals surface area contributed by atoms with Gasteiger partial charge in [-0.05, 0) is 31.2 Å². The molecule has 0 aromatic heterocycles. The summed E-state index contributed by atoms with van der Waals surface area (Å²) in [7, 11) is 0. The Bertz CT molecular complexity index is 475. The summed E-state index contributed by atoms with van der Waals surface area (Å²) in [5.41, 5.74) is 0.202. The number of hydrogen-bond acceptors (Lipinski definition) is 3. The fraction of sp³-hybridized carbons (Fsp3) is 0.462. The third-order valence-electron chi connectivity index (χ3n) is 2.94. The summed E-state index contributed by atoms with van der Waals surface area (Å²) in [6.07, 6.45) is -3.93. The minimum absolute atomic E-state index is 0. The van der Waals surface area contributed by atoms with Crippen LogP contribution in [0.25, 0.3) is 0 Å². The number of benzene rings is 1. The first-order valence-electron chi connectivity index (χ1n) is 6.31. The van der Waals surface area contributed by atoms with Gasteiger partial charge in [-0.3, -0.25) is 4.79 Å². The lowest BCUT2D eigenvalue weighted by Crippen LogP contribution is -2.34. The van der Waals surface area contributed by atoms with E-state index < -0.39 is 6.36 Å². The van der Waals surface area contributed by atoms with Crippen LogP contribution < -0.4 is 10.1 Å². The van der Waals surface area contributed by atoms with Crippen LogP contribution in [0.4, 0.5) is 13.2 Å². The summed E-state index contributed by atoms with van der Waals surface area (Å²) >= 11 is 0. The summed E-state index contributed by atoms with van der Waals surface area (Å²) in [6.45, 7) is 2.66. The standard InChI is InChI=1S/C13H15F3N2O2.ClH/c14-13(15,16)20-11-4-1-3-10(9-11)12(19)18-7-2-5-17-6-8-18;/h1,3-4,9,17H,2,5-8H2;1H. The van der Waals surface area contributed by atoms with Crippen molar-refractivity contribution in [2.45, 2.75) is 12.8 Å². The van der Waals surface area contributed by atoms with Gasteiger partial charge in [-0.25, -0.2) is 0 Å². The predicted octanol–water partition coefficient (Wildman–Crippen LogP) is 2.44. The number of ether oxygens (including phenoxy) is 1. The molecule has 118 valence electrons. The zero-order chi connectivity index (χ0) is 14.6. The molecule has 2 rings (SSSR count). The van der Waals surface area contributed by atoms with Gasteiger partial charge in [0.15, 0.2) is 0 Å². The Kier molecular flexibility index (Phi) is 6.29.